The minimum atomic E-state index is -0.377. The second kappa shape index (κ2) is 6.05. The highest BCUT2D eigenvalue weighted by Crippen LogP contribution is 2.32. The van der Waals surface area contributed by atoms with E-state index >= 15 is 0 Å². The lowest BCUT2D eigenvalue weighted by Gasteiger charge is -2.09. The minimum Gasteiger partial charge on any atom is -0.382 e. The van der Waals surface area contributed by atoms with Gasteiger partial charge in [0.1, 0.15) is 11.4 Å². The van der Waals surface area contributed by atoms with Crippen LogP contribution in [0.3, 0.4) is 0 Å². The molecule has 0 radical (unpaired) electrons. The van der Waals surface area contributed by atoms with E-state index < -0.39 is 0 Å². The molecule has 0 saturated carbocycles. The van der Waals surface area contributed by atoms with E-state index in [0.717, 1.165) is 12.0 Å². The molecule has 20 heavy (non-hydrogen) atoms. The first-order chi connectivity index (χ1) is 9.61. The fourth-order valence-electron chi connectivity index (χ4n) is 2.03. The van der Waals surface area contributed by atoms with Gasteiger partial charge in [-0.2, -0.15) is 5.10 Å². The molecule has 1 aromatic heterocycles. The summed E-state index contributed by atoms with van der Waals surface area (Å²) in [5.74, 6) is 0. The summed E-state index contributed by atoms with van der Waals surface area (Å²) in [6.45, 7) is 0.611. The molecule has 1 heterocycles. The molecule has 7 nitrogen and oxygen atoms in total. The number of hydrogen-bond acceptors (Lipinski definition) is 5. The molecule has 0 unspecified atom stereocenters. The van der Waals surface area contributed by atoms with E-state index in [9.17, 15) is 10.1 Å². The van der Waals surface area contributed by atoms with Crippen LogP contribution < -0.4 is 10.6 Å². The van der Waals surface area contributed by atoms with Crippen LogP contribution >= 0.6 is 0 Å². The van der Waals surface area contributed by atoms with Crippen molar-refractivity contribution < 1.29 is 4.92 Å². The topological polar surface area (TPSA) is 85.0 Å². The molecule has 2 aromatic rings. The lowest BCUT2D eigenvalue weighted by molar-refractivity contribution is -0.383. The summed E-state index contributed by atoms with van der Waals surface area (Å²) in [5, 5.41) is 21.2. The number of aromatic nitrogens is 2. The van der Waals surface area contributed by atoms with Gasteiger partial charge in [0.15, 0.2) is 0 Å². The van der Waals surface area contributed by atoms with Crippen molar-refractivity contribution >= 4 is 17.1 Å². The van der Waals surface area contributed by atoms with Gasteiger partial charge >= 0.3 is 5.69 Å². The van der Waals surface area contributed by atoms with Gasteiger partial charge in [-0.1, -0.05) is 6.07 Å². The summed E-state index contributed by atoms with van der Waals surface area (Å²) in [7, 11) is 3.53. The first kappa shape index (κ1) is 13.9. The summed E-state index contributed by atoms with van der Waals surface area (Å²) < 4.78 is 1.74. The second-order valence-electron chi connectivity index (χ2n) is 4.41. The van der Waals surface area contributed by atoms with Crippen LogP contribution in [-0.2, 0) is 13.5 Å². The Hall–Kier alpha value is -2.57. The monoisotopic (exact) mass is 275 g/mol. The van der Waals surface area contributed by atoms with Crippen LogP contribution in [-0.4, -0.2) is 28.3 Å². The SMILES string of the molecule is CNc1cccc(NCCc2cnn(C)c2)c1[N+](=O)[O-]. The molecular weight excluding hydrogens is 258 g/mol. The average Bonchev–Trinajstić information content (AvgIpc) is 2.83. The second-order valence-corrected chi connectivity index (χ2v) is 4.41. The van der Waals surface area contributed by atoms with Gasteiger partial charge in [-0.3, -0.25) is 14.8 Å². The number of nitro benzene ring substituents is 1. The van der Waals surface area contributed by atoms with Crippen LogP contribution in [0, 0.1) is 10.1 Å². The Kier molecular flexibility index (Phi) is 4.19. The van der Waals surface area contributed by atoms with Crippen LogP contribution in [0.25, 0.3) is 0 Å². The number of benzene rings is 1. The van der Waals surface area contributed by atoms with Gasteiger partial charge in [0.25, 0.3) is 0 Å². The third kappa shape index (κ3) is 3.05. The summed E-state index contributed by atoms with van der Waals surface area (Å²) in [5.41, 5.74) is 2.18. The Morgan fingerprint density at radius 1 is 1.40 bits per heavy atom. The molecule has 0 fully saturated rings. The third-order valence-electron chi connectivity index (χ3n) is 2.98. The van der Waals surface area contributed by atoms with Gasteiger partial charge < -0.3 is 10.6 Å². The highest BCUT2D eigenvalue weighted by Gasteiger charge is 2.18. The van der Waals surface area contributed by atoms with Crippen molar-refractivity contribution in [3.8, 4) is 0 Å². The van der Waals surface area contributed by atoms with E-state index in [1.165, 1.54) is 0 Å². The predicted octanol–water partition coefficient (Wildman–Crippen LogP) is 2.02. The van der Waals surface area contributed by atoms with Gasteiger partial charge in [-0.15, -0.1) is 0 Å². The van der Waals surface area contributed by atoms with Crippen LogP contribution in [0.2, 0.25) is 0 Å². The summed E-state index contributed by atoms with van der Waals surface area (Å²) >= 11 is 0. The number of anilines is 2. The Morgan fingerprint density at radius 2 is 2.15 bits per heavy atom. The van der Waals surface area contributed by atoms with Crippen molar-refractivity contribution in [3.05, 3.63) is 46.3 Å². The summed E-state index contributed by atoms with van der Waals surface area (Å²) in [6, 6.07) is 5.18. The number of rotatable bonds is 6. The zero-order chi connectivity index (χ0) is 14.5. The van der Waals surface area contributed by atoms with Gasteiger partial charge in [0, 0.05) is 26.8 Å². The highest BCUT2D eigenvalue weighted by molar-refractivity contribution is 5.75. The van der Waals surface area contributed by atoms with Crippen molar-refractivity contribution in [2.75, 3.05) is 24.2 Å². The molecular formula is C13H17N5O2. The normalized spacial score (nSPS) is 10.3. The lowest BCUT2D eigenvalue weighted by atomic mass is 10.2. The van der Waals surface area contributed by atoms with Crippen molar-refractivity contribution in [2.24, 2.45) is 7.05 Å². The predicted molar refractivity (Wildman–Crippen MR) is 78.0 cm³/mol. The highest BCUT2D eigenvalue weighted by atomic mass is 16.6. The van der Waals surface area contributed by atoms with Gasteiger partial charge in [0.2, 0.25) is 0 Å². The van der Waals surface area contributed by atoms with Crippen LogP contribution in [0.5, 0.6) is 0 Å². The summed E-state index contributed by atoms with van der Waals surface area (Å²) in [6.07, 6.45) is 4.48. The standard InChI is InChI=1S/C13H17N5O2/c1-14-11-4-3-5-12(13(11)18(19)20)15-7-6-10-8-16-17(2)9-10/h3-5,8-9,14-15H,6-7H2,1-2H3. The molecule has 0 bridgehead atoms. The number of nitro groups is 1. The van der Waals surface area contributed by atoms with Crippen molar-refractivity contribution in [1.82, 2.24) is 9.78 Å². The average molecular weight is 275 g/mol. The van der Waals surface area contributed by atoms with E-state index in [1.54, 1.807) is 36.1 Å². The maximum atomic E-state index is 11.2. The number of hydrogen-bond donors (Lipinski definition) is 2. The Morgan fingerprint density at radius 3 is 2.75 bits per heavy atom. The van der Waals surface area contributed by atoms with Crippen molar-refractivity contribution in [2.45, 2.75) is 6.42 Å². The van der Waals surface area contributed by atoms with Crippen LogP contribution in [0.1, 0.15) is 5.56 Å². The maximum absolute atomic E-state index is 11.2. The number of nitrogens with one attached hydrogen (secondary N) is 2. The molecule has 0 atom stereocenters. The molecule has 0 spiro atoms. The molecule has 0 aliphatic heterocycles. The fourth-order valence-corrected chi connectivity index (χ4v) is 2.03. The van der Waals surface area contributed by atoms with Crippen LogP contribution in [0.15, 0.2) is 30.6 Å². The smallest absolute Gasteiger partial charge is 0.315 e. The molecule has 1 aromatic carbocycles. The van der Waals surface area contributed by atoms with E-state index in [2.05, 4.69) is 15.7 Å². The Bertz CT molecular complexity index is 609. The van der Waals surface area contributed by atoms with Crippen molar-refractivity contribution in [1.29, 1.82) is 0 Å². The first-order valence-electron chi connectivity index (χ1n) is 6.28. The molecule has 0 aliphatic carbocycles. The molecule has 2 rings (SSSR count). The van der Waals surface area contributed by atoms with Crippen molar-refractivity contribution in [3.63, 3.8) is 0 Å². The number of para-hydroxylation sites is 1. The number of nitrogens with zero attached hydrogens (tertiary/aromatic N) is 3. The molecule has 0 saturated heterocycles. The number of aryl methyl sites for hydroxylation is 1. The van der Waals surface area contributed by atoms with E-state index in [-0.39, 0.29) is 10.6 Å². The maximum Gasteiger partial charge on any atom is 0.315 e. The van der Waals surface area contributed by atoms with E-state index in [4.69, 9.17) is 0 Å². The zero-order valence-electron chi connectivity index (χ0n) is 11.5. The molecule has 0 aliphatic rings. The lowest BCUT2D eigenvalue weighted by Crippen LogP contribution is -2.08. The minimum absolute atomic E-state index is 0.0705. The summed E-state index contributed by atoms with van der Waals surface area (Å²) in [4.78, 5) is 10.8. The Balaban J connectivity index is 2.07. The fraction of sp³-hybridized carbons (Fsp3) is 0.308. The molecule has 7 heteroatoms. The largest absolute Gasteiger partial charge is 0.382 e. The van der Waals surface area contributed by atoms with E-state index in [0.29, 0.717) is 17.9 Å². The zero-order valence-corrected chi connectivity index (χ0v) is 11.5. The molecule has 2 N–H and O–H groups in total. The third-order valence-corrected chi connectivity index (χ3v) is 2.98. The Labute approximate surface area is 116 Å². The first-order valence-corrected chi connectivity index (χ1v) is 6.28. The van der Waals surface area contributed by atoms with Crippen LogP contribution in [0.4, 0.5) is 17.1 Å². The van der Waals surface area contributed by atoms with E-state index in [1.807, 2.05) is 13.2 Å². The van der Waals surface area contributed by atoms with Gasteiger partial charge in [-0.05, 0) is 24.1 Å². The van der Waals surface area contributed by atoms with Gasteiger partial charge in [0.05, 0.1) is 11.1 Å². The quantitative estimate of drug-likeness (QED) is 0.622. The molecule has 0 amide bonds. The molecule has 106 valence electrons. The van der Waals surface area contributed by atoms with Gasteiger partial charge in [-0.25, -0.2) is 0 Å².